The van der Waals surface area contributed by atoms with Crippen molar-refractivity contribution < 1.29 is 19.1 Å². The van der Waals surface area contributed by atoms with Crippen LogP contribution in [0.5, 0.6) is 5.75 Å². The van der Waals surface area contributed by atoms with Crippen molar-refractivity contribution in [3.63, 3.8) is 0 Å². The Balaban J connectivity index is 2.20. The second-order valence-electron chi connectivity index (χ2n) is 6.68. The van der Waals surface area contributed by atoms with E-state index in [1.807, 2.05) is 12.1 Å². The van der Waals surface area contributed by atoms with Crippen molar-refractivity contribution in [3.8, 4) is 5.75 Å². The molecule has 0 aliphatic heterocycles. The molecule has 2 rings (SSSR count). The van der Waals surface area contributed by atoms with Gasteiger partial charge in [-0.1, -0.05) is 6.07 Å². The maximum absolute atomic E-state index is 11.9. The van der Waals surface area contributed by atoms with Gasteiger partial charge in [-0.15, -0.1) is 0 Å². The Kier molecular flexibility index (Phi) is 4.18. The summed E-state index contributed by atoms with van der Waals surface area (Å²) in [5, 5.41) is 2.68. The maximum atomic E-state index is 11.9. The maximum Gasteiger partial charge on any atom is 0.412 e. The fraction of sp³-hybridized carbons (Fsp3) is 0.529. The molecule has 22 heavy (non-hydrogen) atoms. The summed E-state index contributed by atoms with van der Waals surface area (Å²) in [5.41, 5.74) is 0.535. The first-order valence-corrected chi connectivity index (χ1v) is 7.37. The Morgan fingerprint density at radius 2 is 1.86 bits per heavy atom. The first-order valence-electron chi connectivity index (χ1n) is 7.37. The van der Waals surface area contributed by atoms with Gasteiger partial charge in [0.05, 0.1) is 18.2 Å². The molecule has 1 amide bonds. The lowest BCUT2D eigenvalue weighted by Crippen LogP contribution is -2.27. The molecule has 1 aromatic rings. The minimum atomic E-state index is -0.566. The Labute approximate surface area is 131 Å². The summed E-state index contributed by atoms with van der Waals surface area (Å²) in [6.07, 6.45) is 1.19. The molecule has 0 saturated heterocycles. The fourth-order valence-electron chi connectivity index (χ4n) is 2.47. The van der Waals surface area contributed by atoms with Crippen LogP contribution in [0.2, 0.25) is 0 Å². The van der Waals surface area contributed by atoms with Crippen molar-refractivity contribution >= 4 is 17.6 Å². The van der Waals surface area contributed by atoms with Gasteiger partial charge >= 0.3 is 6.09 Å². The van der Waals surface area contributed by atoms with E-state index in [-0.39, 0.29) is 11.2 Å². The molecule has 1 aliphatic carbocycles. The molecule has 1 N–H and O–H groups in total. The normalized spacial score (nSPS) is 15.9. The SMILES string of the molecule is COc1cc(C2(C(C)=O)CC2)ccc1NC(=O)OC(C)(C)C. The summed E-state index contributed by atoms with van der Waals surface area (Å²) in [4.78, 5) is 23.7. The molecule has 1 aliphatic rings. The van der Waals surface area contributed by atoms with Crippen molar-refractivity contribution in [2.75, 3.05) is 12.4 Å². The standard InChI is InChI=1S/C17H23NO4/c1-11(19)17(8-9-17)12-6-7-13(14(10-12)21-5)18-15(20)22-16(2,3)4/h6-7,10H,8-9H2,1-5H3,(H,18,20). The van der Waals surface area contributed by atoms with Crippen LogP contribution in [-0.4, -0.2) is 24.6 Å². The molecule has 0 radical (unpaired) electrons. The third-order valence-electron chi connectivity index (χ3n) is 3.81. The van der Waals surface area contributed by atoms with Gasteiger partial charge in [-0.2, -0.15) is 0 Å². The summed E-state index contributed by atoms with van der Waals surface area (Å²) in [5.74, 6) is 0.693. The molecular weight excluding hydrogens is 282 g/mol. The molecule has 0 atom stereocenters. The lowest BCUT2D eigenvalue weighted by Gasteiger charge is -2.21. The predicted molar refractivity (Wildman–Crippen MR) is 84.4 cm³/mol. The fourth-order valence-corrected chi connectivity index (χ4v) is 2.47. The highest BCUT2D eigenvalue weighted by Crippen LogP contribution is 2.50. The van der Waals surface area contributed by atoms with E-state index < -0.39 is 11.7 Å². The quantitative estimate of drug-likeness (QED) is 0.922. The van der Waals surface area contributed by atoms with Gasteiger partial charge in [0.15, 0.2) is 0 Å². The number of ketones is 1. The molecule has 1 fully saturated rings. The Morgan fingerprint density at radius 1 is 1.23 bits per heavy atom. The smallest absolute Gasteiger partial charge is 0.412 e. The van der Waals surface area contributed by atoms with Crippen molar-refractivity contribution in [1.29, 1.82) is 0 Å². The van der Waals surface area contributed by atoms with Crippen LogP contribution < -0.4 is 10.1 Å². The zero-order valence-corrected chi connectivity index (χ0v) is 13.8. The van der Waals surface area contributed by atoms with Gasteiger partial charge in [0.1, 0.15) is 17.1 Å². The number of nitrogens with one attached hydrogen (secondary N) is 1. The lowest BCUT2D eigenvalue weighted by atomic mass is 9.92. The second-order valence-corrected chi connectivity index (χ2v) is 6.68. The topological polar surface area (TPSA) is 64.6 Å². The average molecular weight is 305 g/mol. The molecule has 1 saturated carbocycles. The number of amides is 1. The van der Waals surface area contributed by atoms with Gasteiger partial charge in [-0.3, -0.25) is 10.1 Å². The number of anilines is 1. The average Bonchev–Trinajstić information content (AvgIpc) is 3.18. The molecule has 5 heteroatoms. The van der Waals surface area contributed by atoms with Gasteiger partial charge in [0.25, 0.3) is 0 Å². The third-order valence-corrected chi connectivity index (χ3v) is 3.81. The first kappa shape index (κ1) is 16.3. The zero-order chi connectivity index (χ0) is 16.5. The Hall–Kier alpha value is -2.04. The Bertz CT molecular complexity index is 597. The summed E-state index contributed by atoms with van der Waals surface area (Å²) < 4.78 is 10.6. The number of benzene rings is 1. The molecule has 1 aromatic carbocycles. The van der Waals surface area contributed by atoms with Gasteiger partial charge in [0, 0.05) is 0 Å². The first-order chi connectivity index (χ1) is 10.2. The third kappa shape index (κ3) is 3.40. The Morgan fingerprint density at radius 3 is 2.32 bits per heavy atom. The van der Waals surface area contributed by atoms with Gasteiger partial charge in [-0.25, -0.2) is 4.79 Å². The predicted octanol–water partition coefficient (Wildman–Crippen LogP) is 3.66. The van der Waals surface area contributed by atoms with E-state index in [2.05, 4.69) is 5.32 Å². The van der Waals surface area contributed by atoms with Crippen LogP contribution in [0.1, 0.15) is 46.1 Å². The molecule has 0 spiro atoms. The van der Waals surface area contributed by atoms with Crippen molar-refractivity contribution in [1.82, 2.24) is 0 Å². The molecule has 0 aromatic heterocycles. The van der Waals surface area contributed by atoms with Crippen LogP contribution in [0.4, 0.5) is 10.5 Å². The van der Waals surface area contributed by atoms with Crippen molar-refractivity contribution in [2.45, 2.75) is 51.6 Å². The summed E-state index contributed by atoms with van der Waals surface area (Å²) >= 11 is 0. The zero-order valence-electron chi connectivity index (χ0n) is 13.8. The van der Waals surface area contributed by atoms with Gasteiger partial charge in [-0.05, 0) is 58.2 Å². The minimum Gasteiger partial charge on any atom is -0.495 e. The van der Waals surface area contributed by atoms with Gasteiger partial charge < -0.3 is 9.47 Å². The summed E-state index contributed by atoms with van der Waals surface area (Å²) in [7, 11) is 1.53. The summed E-state index contributed by atoms with van der Waals surface area (Å²) in [6, 6.07) is 5.44. The van der Waals surface area contributed by atoms with E-state index in [0.717, 1.165) is 18.4 Å². The van der Waals surface area contributed by atoms with E-state index in [9.17, 15) is 9.59 Å². The number of methoxy groups -OCH3 is 1. The highest BCUT2D eigenvalue weighted by Gasteiger charge is 2.48. The number of ether oxygens (including phenoxy) is 2. The van der Waals surface area contributed by atoms with Crippen LogP contribution in [-0.2, 0) is 14.9 Å². The van der Waals surface area contributed by atoms with Crippen LogP contribution in [0, 0.1) is 0 Å². The largest absolute Gasteiger partial charge is 0.495 e. The molecule has 120 valence electrons. The second kappa shape index (κ2) is 5.63. The monoisotopic (exact) mass is 305 g/mol. The lowest BCUT2D eigenvalue weighted by molar-refractivity contribution is -0.119. The highest BCUT2D eigenvalue weighted by atomic mass is 16.6. The van der Waals surface area contributed by atoms with Crippen LogP contribution in [0.3, 0.4) is 0 Å². The van der Waals surface area contributed by atoms with Crippen LogP contribution in [0.15, 0.2) is 18.2 Å². The molecule has 0 unspecified atom stereocenters. The molecule has 0 heterocycles. The molecule has 0 bridgehead atoms. The van der Waals surface area contributed by atoms with E-state index in [0.29, 0.717) is 11.4 Å². The number of Topliss-reactive ketones (excluding diaryl/α,β-unsaturated/α-hetero) is 1. The van der Waals surface area contributed by atoms with E-state index in [1.54, 1.807) is 33.8 Å². The van der Waals surface area contributed by atoms with Crippen LogP contribution in [0.25, 0.3) is 0 Å². The van der Waals surface area contributed by atoms with Crippen molar-refractivity contribution in [2.24, 2.45) is 0 Å². The number of carbonyl (C=O) groups excluding carboxylic acids is 2. The van der Waals surface area contributed by atoms with Crippen molar-refractivity contribution in [3.05, 3.63) is 23.8 Å². The van der Waals surface area contributed by atoms with Crippen LogP contribution >= 0.6 is 0 Å². The number of hydrogen-bond acceptors (Lipinski definition) is 4. The molecule has 5 nitrogen and oxygen atoms in total. The van der Waals surface area contributed by atoms with Gasteiger partial charge in [0.2, 0.25) is 0 Å². The number of rotatable bonds is 4. The van der Waals surface area contributed by atoms with E-state index in [4.69, 9.17) is 9.47 Å². The number of carbonyl (C=O) groups is 2. The highest BCUT2D eigenvalue weighted by molar-refractivity contribution is 5.92. The summed E-state index contributed by atoms with van der Waals surface area (Å²) in [6.45, 7) is 7.02. The van der Waals surface area contributed by atoms with E-state index >= 15 is 0 Å². The van der Waals surface area contributed by atoms with E-state index in [1.165, 1.54) is 7.11 Å². The molecular formula is C17H23NO4. The minimum absolute atomic E-state index is 0.169. The number of hydrogen-bond donors (Lipinski definition) is 1.